The van der Waals surface area contributed by atoms with E-state index in [0.717, 1.165) is 17.9 Å². The van der Waals surface area contributed by atoms with Gasteiger partial charge in [0, 0.05) is 33.1 Å². The molecule has 0 aromatic carbocycles. The molecule has 1 aliphatic heterocycles. The maximum Gasteiger partial charge on any atom is 0.265 e. The fourth-order valence-electron chi connectivity index (χ4n) is 2.44. The predicted octanol–water partition coefficient (Wildman–Crippen LogP) is 1.60. The van der Waals surface area contributed by atoms with Gasteiger partial charge in [0.25, 0.3) is 5.91 Å². The zero-order valence-electron chi connectivity index (χ0n) is 13.4. The fraction of sp³-hybridized carbons (Fsp3) is 0.467. The van der Waals surface area contributed by atoms with E-state index in [2.05, 4.69) is 15.2 Å². The van der Waals surface area contributed by atoms with Gasteiger partial charge in [-0.25, -0.2) is 4.98 Å². The summed E-state index contributed by atoms with van der Waals surface area (Å²) < 4.78 is 5.84. The van der Waals surface area contributed by atoms with E-state index in [1.54, 1.807) is 11.6 Å². The van der Waals surface area contributed by atoms with Gasteiger partial charge in [-0.1, -0.05) is 0 Å². The average molecular weight is 333 g/mol. The van der Waals surface area contributed by atoms with Crippen LogP contribution in [0.15, 0.2) is 17.6 Å². The van der Waals surface area contributed by atoms with Crippen molar-refractivity contribution >= 4 is 23.1 Å². The molecule has 1 amide bonds. The van der Waals surface area contributed by atoms with Crippen molar-refractivity contribution in [3.63, 3.8) is 0 Å². The maximum atomic E-state index is 12.5. The zero-order valence-corrected chi connectivity index (χ0v) is 14.2. The number of thiazole rings is 1. The normalized spacial score (nSPS) is 17.3. The first-order valence-electron chi connectivity index (χ1n) is 7.41. The van der Waals surface area contributed by atoms with Gasteiger partial charge in [0.1, 0.15) is 11.0 Å². The average Bonchev–Trinajstić information content (AvgIpc) is 3.16. The lowest BCUT2D eigenvalue weighted by Crippen LogP contribution is -2.31. The van der Waals surface area contributed by atoms with Crippen molar-refractivity contribution in [3.05, 3.63) is 28.2 Å². The summed E-state index contributed by atoms with van der Waals surface area (Å²) in [5, 5.41) is 8.16. The minimum atomic E-state index is -0.0494. The third-order valence-electron chi connectivity index (χ3n) is 3.74. The molecular formula is C15H19N5O2S. The maximum absolute atomic E-state index is 12.5. The number of rotatable bonds is 4. The van der Waals surface area contributed by atoms with Crippen molar-refractivity contribution in [3.8, 4) is 5.88 Å². The first-order valence-corrected chi connectivity index (χ1v) is 8.29. The number of hydrogen-bond donors (Lipinski definition) is 0. The molecule has 0 saturated carbocycles. The number of anilines is 1. The topological polar surface area (TPSA) is 71.5 Å². The van der Waals surface area contributed by atoms with Crippen LogP contribution in [0.25, 0.3) is 0 Å². The van der Waals surface area contributed by atoms with Gasteiger partial charge in [-0.2, -0.15) is 0 Å². The fourth-order valence-corrected chi connectivity index (χ4v) is 3.21. The molecule has 0 aliphatic carbocycles. The van der Waals surface area contributed by atoms with Gasteiger partial charge < -0.3 is 14.5 Å². The number of likely N-dealkylation sites (tertiary alicyclic amines) is 1. The summed E-state index contributed by atoms with van der Waals surface area (Å²) in [5.41, 5.74) is 2.49. The van der Waals surface area contributed by atoms with E-state index < -0.39 is 0 Å². The second kappa shape index (κ2) is 6.49. The summed E-state index contributed by atoms with van der Waals surface area (Å²) in [7, 11) is 3.82. The Morgan fingerprint density at radius 2 is 2.22 bits per heavy atom. The third-order valence-corrected chi connectivity index (χ3v) is 4.66. The molecule has 0 bridgehead atoms. The van der Waals surface area contributed by atoms with Gasteiger partial charge in [0.2, 0.25) is 5.88 Å². The molecule has 0 N–H and O–H groups in total. The van der Waals surface area contributed by atoms with Gasteiger partial charge >= 0.3 is 0 Å². The molecule has 3 rings (SSSR count). The van der Waals surface area contributed by atoms with Crippen LogP contribution in [-0.4, -0.2) is 59.3 Å². The second-order valence-electron chi connectivity index (χ2n) is 5.67. The Bertz CT molecular complexity index is 685. The summed E-state index contributed by atoms with van der Waals surface area (Å²) >= 11 is 1.38. The second-order valence-corrected chi connectivity index (χ2v) is 6.53. The molecule has 122 valence electrons. The Hall–Kier alpha value is -2.22. The molecule has 23 heavy (non-hydrogen) atoms. The Morgan fingerprint density at radius 3 is 2.83 bits per heavy atom. The highest BCUT2D eigenvalue weighted by Gasteiger charge is 2.30. The van der Waals surface area contributed by atoms with E-state index in [1.807, 2.05) is 36.9 Å². The van der Waals surface area contributed by atoms with Crippen LogP contribution in [0.1, 0.15) is 21.8 Å². The summed E-state index contributed by atoms with van der Waals surface area (Å²) in [5.74, 6) is 1.30. The van der Waals surface area contributed by atoms with Crippen LogP contribution in [0.3, 0.4) is 0 Å². The molecule has 3 heterocycles. The Labute approximate surface area is 138 Å². The van der Waals surface area contributed by atoms with Crippen molar-refractivity contribution in [2.75, 3.05) is 32.1 Å². The van der Waals surface area contributed by atoms with E-state index in [0.29, 0.717) is 23.8 Å². The third kappa shape index (κ3) is 3.42. The summed E-state index contributed by atoms with van der Waals surface area (Å²) in [6.07, 6.45) is 0.743. The highest BCUT2D eigenvalue weighted by molar-refractivity contribution is 7.11. The lowest BCUT2D eigenvalue weighted by molar-refractivity contribution is 0.0774. The van der Waals surface area contributed by atoms with E-state index in [4.69, 9.17) is 4.74 Å². The number of aromatic nitrogens is 3. The molecule has 0 spiro atoms. The monoisotopic (exact) mass is 333 g/mol. The summed E-state index contributed by atoms with van der Waals surface area (Å²) in [4.78, 5) is 21.0. The molecule has 2 aromatic rings. The van der Waals surface area contributed by atoms with Crippen LogP contribution in [0.4, 0.5) is 5.82 Å². The molecule has 0 radical (unpaired) electrons. The lowest BCUT2D eigenvalue weighted by Gasteiger charge is -2.16. The van der Waals surface area contributed by atoms with Crippen molar-refractivity contribution in [2.45, 2.75) is 19.4 Å². The first kappa shape index (κ1) is 15.7. The minimum Gasteiger partial charge on any atom is -0.471 e. The Kier molecular flexibility index (Phi) is 4.42. The van der Waals surface area contributed by atoms with Gasteiger partial charge in [-0.3, -0.25) is 4.79 Å². The van der Waals surface area contributed by atoms with Crippen LogP contribution in [0, 0.1) is 6.92 Å². The Morgan fingerprint density at radius 1 is 1.39 bits per heavy atom. The molecule has 7 nitrogen and oxygen atoms in total. The van der Waals surface area contributed by atoms with Crippen LogP contribution in [0.5, 0.6) is 5.88 Å². The van der Waals surface area contributed by atoms with Gasteiger partial charge in [-0.15, -0.1) is 21.5 Å². The molecule has 1 saturated heterocycles. The van der Waals surface area contributed by atoms with Gasteiger partial charge in [-0.05, 0) is 13.0 Å². The smallest absolute Gasteiger partial charge is 0.265 e. The molecule has 8 heteroatoms. The molecule has 1 aliphatic rings. The highest BCUT2D eigenvalue weighted by atomic mass is 32.1. The van der Waals surface area contributed by atoms with Crippen LogP contribution < -0.4 is 9.64 Å². The van der Waals surface area contributed by atoms with Crippen LogP contribution in [-0.2, 0) is 0 Å². The summed E-state index contributed by atoms with van der Waals surface area (Å²) in [6, 6.07) is 3.67. The number of hydrogen-bond acceptors (Lipinski definition) is 7. The number of amides is 1. The number of nitrogens with zero attached hydrogens (tertiary/aromatic N) is 5. The lowest BCUT2D eigenvalue weighted by atomic mass is 10.3. The van der Waals surface area contributed by atoms with Crippen LogP contribution >= 0.6 is 11.3 Å². The number of ether oxygens (including phenoxy) is 1. The quantitative estimate of drug-likeness (QED) is 0.846. The number of carbonyl (C=O) groups excluding carboxylic acids is 1. The van der Waals surface area contributed by atoms with E-state index in [-0.39, 0.29) is 12.0 Å². The highest BCUT2D eigenvalue weighted by Crippen LogP contribution is 2.21. The predicted molar refractivity (Wildman–Crippen MR) is 88.1 cm³/mol. The molecular weight excluding hydrogens is 314 g/mol. The first-order chi connectivity index (χ1) is 11.0. The Balaban J connectivity index is 1.59. The molecule has 2 aromatic heterocycles. The van der Waals surface area contributed by atoms with Crippen molar-refractivity contribution in [1.29, 1.82) is 0 Å². The number of carbonyl (C=O) groups is 1. The van der Waals surface area contributed by atoms with E-state index >= 15 is 0 Å². The number of aryl methyl sites for hydroxylation is 1. The van der Waals surface area contributed by atoms with Crippen molar-refractivity contribution < 1.29 is 9.53 Å². The molecule has 0 unspecified atom stereocenters. The minimum absolute atomic E-state index is 0.0325. The standard InChI is InChI=1S/C15H19N5O2S/c1-10-14(23-9-16-10)15(21)20-7-6-11(8-20)22-13-5-4-12(17-18-13)19(2)3/h4-5,9,11H,6-8H2,1-3H3/t11-/m1/s1. The van der Waals surface area contributed by atoms with Gasteiger partial charge in [0.05, 0.1) is 17.7 Å². The molecule has 1 atom stereocenters. The largest absolute Gasteiger partial charge is 0.471 e. The van der Waals surface area contributed by atoms with E-state index in [1.165, 1.54) is 11.3 Å². The van der Waals surface area contributed by atoms with Crippen LogP contribution in [0.2, 0.25) is 0 Å². The SMILES string of the molecule is Cc1ncsc1C(=O)N1CC[C@@H](Oc2ccc(N(C)C)nn2)C1. The van der Waals surface area contributed by atoms with E-state index in [9.17, 15) is 4.79 Å². The van der Waals surface area contributed by atoms with Crippen molar-refractivity contribution in [2.24, 2.45) is 0 Å². The van der Waals surface area contributed by atoms with Crippen molar-refractivity contribution in [1.82, 2.24) is 20.1 Å². The molecule has 1 fully saturated rings. The zero-order chi connectivity index (χ0) is 16.4. The summed E-state index contributed by atoms with van der Waals surface area (Å²) in [6.45, 7) is 3.10. The van der Waals surface area contributed by atoms with Gasteiger partial charge in [0.15, 0.2) is 5.82 Å².